The number of hydrogen-bond acceptors (Lipinski definition) is 3. The summed E-state index contributed by atoms with van der Waals surface area (Å²) in [5.74, 6) is 0.874. The molecule has 2 aromatic carbocycles. The van der Waals surface area contributed by atoms with Crippen molar-refractivity contribution in [2.45, 2.75) is 10.9 Å². The minimum absolute atomic E-state index is 0.705. The maximum absolute atomic E-state index is 5.48. The van der Waals surface area contributed by atoms with E-state index in [1.54, 1.807) is 16.4 Å². The Labute approximate surface area is 133 Å². The van der Waals surface area contributed by atoms with Crippen molar-refractivity contribution in [1.29, 1.82) is 0 Å². The third-order valence-electron chi connectivity index (χ3n) is 3.12. The SMILES string of the molecule is Cn1nc(SCc2ccccc2)n(-c2ccccc2)c1=S. The molecule has 0 aliphatic rings. The first kappa shape index (κ1) is 14.1. The summed E-state index contributed by atoms with van der Waals surface area (Å²) in [5, 5.41) is 5.45. The molecule has 0 radical (unpaired) electrons. The molecule has 0 amide bonds. The van der Waals surface area contributed by atoms with Crippen molar-refractivity contribution in [1.82, 2.24) is 14.3 Å². The van der Waals surface area contributed by atoms with Gasteiger partial charge in [-0.2, -0.15) is 0 Å². The molecule has 0 spiro atoms. The van der Waals surface area contributed by atoms with E-state index < -0.39 is 0 Å². The predicted molar refractivity (Wildman–Crippen MR) is 89.4 cm³/mol. The third-order valence-corrected chi connectivity index (χ3v) is 4.57. The molecule has 0 N–H and O–H groups in total. The van der Waals surface area contributed by atoms with E-state index in [2.05, 4.69) is 29.4 Å². The molecular weight excluding hydrogens is 298 g/mol. The minimum Gasteiger partial charge on any atom is -0.263 e. The highest BCUT2D eigenvalue weighted by Crippen LogP contribution is 2.24. The topological polar surface area (TPSA) is 22.8 Å². The van der Waals surface area contributed by atoms with Crippen molar-refractivity contribution in [3.63, 3.8) is 0 Å². The van der Waals surface area contributed by atoms with Crippen molar-refractivity contribution in [3.8, 4) is 5.69 Å². The van der Waals surface area contributed by atoms with Gasteiger partial charge in [-0.1, -0.05) is 60.3 Å². The average molecular weight is 313 g/mol. The van der Waals surface area contributed by atoms with Crippen LogP contribution in [0.2, 0.25) is 0 Å². The Balaban J connectivity index is 1.93. The van der Waals surface area contributed by atoms with Crippen LogP contribution in [0.4, 0.5) is 0 Å². The highest BCUT2D eigenvalue weighted by atomic mass is 32.2. The van der Waals surface area contributed by atoms with Crippen LogP contribution >= 0.6 is 24.0 Å². The quantitative estimate of drug-likeness (QED) is 0.532. The van der Waals surface area contributed by atoms with Gasteiger partial charge in [0.05, 0.1) is 5.69 Å². The Hall–Kier alpha value is -1.85. The summed E-state index contributed by atoms with van der Waals surface area (Å²) in [6.45, 7) is 0. The lowest BCUT2D eigenvalue weighted by Crippen LogP contribution is -1.97. The molecule has 0 saturated heterocycles. The smallest absolute Gasteiger partial charge is 0.202 e. The molecular formula is C16H15N3S2. The van der Waals surface area contributed by atoms with Crippen LogP contribution in [0.3, 0.4) is 0 Å². The lowest BCUT2D eigenvalue weighted by atomic mass is 10.2. The highest BCUT2D eigenvalue weighted by molar-refractivity contribution is 7.98. The van der Waals surface area contributed by atoms with Gasteiger partial charge in [-0.05, 0) is 29.9 Å². The lowest BCUT2D eigenvalue weighted by Gasteiger charge is -2.06. The summed E-state index contributed by atoms with van der Waals surface area (Å²) in [6, 6.07) is 20.5. The molecule has 0 unspecified atom stereocenters. The maximum Gasteiger partial charge on any atom is 0.202 e. The number of nitrogens with zero attached hydrogens (tertiary/aromatic N) is 3. The summed E-state index contributed by atoms with van der Waals surface area (Å²) in [6.07, 6.45) is 0. The number of benzene rings is 2. The second kappa shape index (κ2) is 6.28. The van der Waals surface area contributed by atoms with Gasteiger partial charge in [0.25, 0.3) is 0 Å². The van der Waals surface area contributed by atoms with Gasteiger partial charge < -0.3 is 0 Å². The average Bonchev–Trinajstić information content (AvgIpc) is 2.82. The van der Waals surface area contributed by atoms with Crippen molar-refractivity contribution in [2.24, 2.45) is 7.05 Å². The predicted octanol–water partition coefficient (Wildman–Crippen LogP) is 4.23. The Morgan fingerprint density at radius 2 is 1.62 bits per heavy atom. The van der Waals surface area contributed by atoms with E-state index >= 15 is 0 Å². The Morgan fingerprint density at radius 3 is 2.29 bits per heavy atom. The molecule has 0 atom stereocenters. The highest BCUT2D eigenvalue weighted by Gasteiger charge is 2.11. The molecule has 106 valence electrons. The fraction of sp³-hybridized carbons (Fsp3) is 0.125. The van der Waals surface area contributed by atoms with E-state index in [9.17, 15) is 0 Å². The second-order valence-corrected chi connectivity index (χ2v) is 5.94. The molecule has 1 aromatic heterocycles. The Morgan fingerprint density at radius 1 is 1.00 bits per heavy atom. The van der Waals surface area contributed by atoms with Crippen LogP contribution in [-0.4, -0.2) is 14.3 Å². The van der Waals surface area contributed by atoms with Crippen LogP contribution in [0.5, 0.6) is 0 Å². The van der Waals surface area contributed by atoms with Gasteiger partial charge in [-0.25, -0.2) is 4.68 Å². The van der Waals surface area contributed by atoms with Gasteiger partial charge in [0.2, 0.25) is 4.77 Å². The summed E-state index contributed by atoms with van der Waals surface area (Å²) in [5.41, 5.74) is 2.32. The normalized spacial score (nSPS) is 10.7. The number of para-hydroxylation sites is 1. The summed E-state index contributed by atoms with van der Waals surface area (Å²) in [7, 11) is 1.88. The zero-order valence-corrected chi connectivity index (χ0v) is 13.3. The zero-order valence-electron chi connectivity index (χ0n) is 11.6. The first-order valence-corrected chi connectivity index (χ1v) is 8.03. The largest absolute Gasteiger partial charge is 0.263 e. The Kier molecular flexibility index (Phi) is 4.22. The van der Waals surface area contributed by atoms with Crippen LogP contribution in [0, 0.1) is 4.77 Å². The van der Waals surface area contributed by atoms with Crippen molar-refractivity contribution in [2.75, 3.05) is 0 Å². The van der Waals surface area contributed by atoms with Gasteiger partial charge in [0.1, 0.15) is 0 Å². The van der Waals surface area contributed by atoms with Crippen LogP contribution in [0.15, 0.2) is 65.8 Å². The second-order valence-electron chi connectivity index (χ2n) is 4.63. The summed E-state index contributed by atoms with van der Waals surface area (Å²) in [4.78, 5) is 0. The molecule has 0 bridgehead atoms. The molecule has 3 aromatic rings. The van der Waals surface area contributed by atoms with Crippen molar-refractivity contribution in [3.05, 3.63) is 71.0 Å². The summed E-state index contributed by atoms with van der Waals surface area (Å²) < 4.78 is 4.47. The van der Waals surface area contributed by atoms with E-state index in [1.165, 1.54) is 5.56 Å². The zero-order chi connectivity index (χ0) is 14.7. The minimum atomic E-state index is 0.705. The lowest BCUT2D eigenvalue weighted by molar-refractivity contribution is 0.729. The van der Waals surface area contributed by atoms with Crippen LogP contribution in [0.1, 0.15) is 5.56 Å². The summed E-state index contributed by atoms with van der Waals surface area (Å²) >= 11 is 7.17. The van der Waals surface area contributed by atoms with Gasteiger partial charge in [0.15, 0.2) is 5.16 Å². The molecule has 0 fully saturated rings. The van der Waals surface area contributed by atoms with E-state index in [0.717, 1.165) is 16.6 Å². The molecule has 21 heavy (non-hydrogen) atoms. The molecule has 3 rings (SSSR count). The fourth-order valence-corrected chi connectivity index (χ4v) is 3.34. The van der Waals surface area contributed by atoms with Gasteiger partial charge in [-0.15, -0.1) is 5.10 Å². The standard InChI is InChI=1S/C16H15N3S2/c1-18-16(20)19(14-10-6-3-7-11-14)15(17-18)21-12-13-8-4-2-5-9-13/h2-11H,12H2,1H3. The van der Waals surface area contributed by atoms with Crippen molar-refractivity contribution < 1.29 is 0 Å². The van der Waals surface area contributed by atoms with Gasteiger partial charge >= 0.3 is 0 Å². The monoisotopic (exact) mass is 313 g/mol. The van der Waals surface area contributed by atoms with E-state index in [4.69, 9.17) is 12.2 Å². The van der Waals surface area contributed by atoms with E-state index in [1.807, 2.05) is 48.0 Å². The number of hydrogen-bond donors (Lipinski definition) is 0. The van der Waals surface area contributed by atoms with Gasteiger partial charge in [0, 0.05) is 12.8 Å². The first-order valence-electron chi connectivity index (χ1n) is 6.64. The number of aryl methyl sites for hydroxylation is 1. The fourth-order valence-electron chi connectivity index (χ4n) is 2.06. The number of thioether (sulfide) groups is 1. The van der Waals surface area contributed by atoms with Crippen LogP contribution < -0.4 is 0 Å². The van der Waals surface area contributed by atoms with Gasteiger partial charge in [-0.3, -0.25) is 4.57 Å². The first-order chi connectivity index (χ1) is 10.3. The molecule has 5 heteroatoms. The number of rotatable bonds is 4. The van der Waals surface area contributed by atoms with Crippen LogP contribution in [-0.2, 0) is 12.8 Å². The molecule has 1 heterocycles. The third kappa shape index (κ3) is 3.09. The molecule has 0 saturated carbocycles. The molecule has 0 aliphatic heterocycles. The van der Waals surface area contributed by atoms with Crippen LogP contribution in [0.25, 0.3) is 5.69 Å². The van der Waals surface area contributed by atoms with Crippen molar-refractivity contribution >= 4 is 24.0 Å². The maximum atomic E-state index is 5.48. The molecule has 0 aliphatic carbocycles. The van der Waals surface area contributed by atoms with E-state index in [0.29, 0.717) is 4.77 Å². The Bertz CT molecular complexity index is 776. The van der Waals surface area contributed by atoms with E-state index in [-0.39, 0.29) is 0 Å². The number of aromatic nitrogens is 3. The molecule has 3 nitrogen and oxygen atoms in total.